The van der Waals surface area contributed by atoms with Crippen molar-refractivity contribution in [3.05, 3.63) is 0 Å². The molecule has 4 nitrogen and oxygen atoms in total. The summed E-state index contributed by atoms with van der Waals surface area (Å²) in [7, 11) is 0. The van der Waals surface area contributed by atoms with E-state index in [2.05, 4.69) is 18.7 Å². The molecule has 2 N–H and O–H groups in total. The van der Waals surface area contributed by atoms with Crippen LogP contribution in [-0.4, -0.2) is 54.5 Å². The number of nitrogens with two attached hydrogens (primary N) is 1. The third kappa shape index (κ3) is 4.28. The van der Waals surface area contributed by atoms with Crippen LogP contribution >= 0.6 is 0 Å². The minimum Gasteiger partial charge on any atom is -0.340 e. The number of carbonyl (C=O) groups is 1. The van der Waals surface area contributed by atoms with Crippen molar-refractivity contribution < 1.29 is 4.79 Å². The first-order chi connectivity index (χ1) is 8.22. The Morgan fingerprint density at radius 2 is 1.88 bits per heavy atom. The molecule has 1 fully saturated rings. The van der Waals surface area contributed by atoms with Crippen LogP contribution in [0.5, 0.6) is 0 Å². The van der Waals surface area contributed by atoms with Crippen LogP contribution in [0.25, 0.3) is 0 Å². The van der Waals surface area contributed by atoms with E-state index in [1.54, 1.807) is 0 Å². The van der Waals surface area contributed by atoms with E-state index < -0.39 is 0 Å². The lowest BCUT2D eigenvalue weighted by Crippen LogP contribution is -2.53. The molecule has 1 aliphatic heterocycles. The summed E-state index contributed by atoms with van der Waals surface area (Å²) in [4.78, 5) is 16.3. The Morgan fingerprint density at radius 1 is 1.24 bits per heavy atom. The summed E-state index contributed by atoms with van der Waals surface area (Å²) >= 11 is 0. The second-order valence-corrected chi connectivity index (χ2v) is 4.82. The molecule has 0 aromatic heterocycles. The summed E-state index contributed by atoms with van der Waals surface area (Å²) < 4.78 is 0. The van der Waals surface area contributed by atoms with Gasteiger partial charge in [0.1, 0.15) is 0 Å². The van der Waals surface area contributed by atoms with Crippen LogP contribution in [0.3, 0.4) is 0 Å². The van der Waals surface area contributed by atoms with E-state index in [9.17, 15) is 4.79 Å². The van der Waals surface area contributed by atoms with E-state index in [0.29, 0.717) is 18.4 Å². The topological polar surface area (TPSA) is 49.6 Å². The van der Waals surface area contributed by atoms with Crippen molar-refractivity contribution in [1.82, 2.24) is 9.80 Å². The summed E-state index contributed by atoms with van der Waals surface area (Å²) in [6, 6.07) is 0.489. The Bertz CT molecular complexity index is 221. The van der Waals surface area contributed by atoms with Crippen LogP contribution in [0.2, 0.25) is 0 Å². The first kappa shape index (κ1) is 14.5. The van der Waals surface area contributed by atoms with Crippen LogP contribution in [-0.2, 0) is 4.79 Å². The fourth-order valence-corrected chi connectivity index (χ4v) is 2.40. The fourth-order valence-electron chi connectivity index (χ4n) is 2.40. The van der Waals surface area contributed by atoms with Gasteiger partial charge in [-0.3, -0.25) is 9.69 Å². The Hall–Kier alpha value is -0.610. The van der Waals surface area contributed by atoms with Gasteiger partial charge in [-0.1, -0.05) is 20.3 Å². The predicted octanol–water partition coefficient (Wildman–Crippen LogP) is 1.06. The lowest BCUT2D eigenvalue weighted by molar-refractivity contribution is -0.133. The van der Waals surface area contributed by atoms with Crippen molar-refractivity contribution >= 4 is 5.91 Å². The first-order valence-electron chi connectivity index (χ1n) is 6.94. The molecule has 1 unspecified atom stereocenters. The van der Waals surface area contributed by atoms with Crippen molar-refractivity contribution in [2.24, 2.45) is 5.73 Å². The lowest BCUT2D eigenvalue weighted by Gasteiger charge is -2.38. The van der Waals surface area contributed by atoms with E-state index in [4.69, 9.17) is 5.73 Å². The zero-order valence-corrected chi connectivity index (χ0v) is 11.3. The van der Waals surface area contributed by atoms with Gasteiger partial charge in [-0.2, -0.15) is 0 Å². The summed E-state index contributed by atoms with van der Waals surface area (Å²) in [5, 5.41) is 0. The van der Waals surface area contributed by atoms with E-state index in [-0.39, 0.29) is 0 Å². The predicted molar refractivity (Wildman–Crippen MR) is 70.8 cm³/mol. The zero-order valence-electron chi connectivity index (χ0n) is 11.3. The molecule has 1 rings (SSSR count). The molecule has 0 aromatic carbocycles. The molecule has 0 aliphatic carbocycles. The smallest absolute Gasteiger partial charge is 0.222 e. The first-order valence-corrected chi connectivity index (χ1v) is 6.94. The van der Waals surface area contributed by atoms with Gasteiger partial charge in [-0.05, 0) is 12.8 Å². The van der Waals surface area contributed by atoms with Crippen LogP contribution in [0.15, 0.2) is 0 Å². The van der Waals surface area contributed by atoms with Crippen LogP contribution in [0, 0.1) is 0 Å². The molecule has 100 valence electrons. The quantitative estimate of drug-likeness (QED) is 0.756. The number of unbranched alkanes of at least 4 members (excludes halogenated alkanes) is 1. The Labute approximate surface area is 105 Å². The number of nitrogens with zero attached hydrogens (tertiary/aromatic N) is 2. The number of hydrogen-bond acceptors (Lipinski definition) is 3. The van der Waals surface area contributed by atoms with Gasteiger partial charge in [0, 0.05) is 45.2 Å². The largest absolute Gasteiger partial charge is 0.340 e. The van der Waals surface area contributed by atoms with Gasteiger partial charge < -0.3 is 10.6 Å². The van der Waals surface area contributed by atoms with E-state index in [0.717, 1.165) is 52.0 Å². The van der Waals surface area contributed by atoms with Crippen molar-refractivity contribution in [3.63, 3.8) is 0 Å². The number of piperazine rings is 1. The summed E-state index contributed by atoms with van der Waals surface area (Å²) in [5.74, 6) is 0.326. The van der Waals surface area contributed by atoms with Gasteiger partial charge in [0.25, 0.3) is 0 Å². The molecule has 17 heavy (non-hydrogen) atoms. The van der Waals surface area contributed by atoms with E-state index in [1.165, 1.54) is 0 Å². The highest BCUT2D eigenvalue weighted by atomic mass is 16.2. The van der Waals surface area contributed by atoms with Crippen LogP contribution < -0.4 is 5.73 Å². The van der Waals surface area contributed by atoms with Gasteiger partial charge >= 0.3 is 0 Å². The molecule has 4 heteroatoms. The number of carbonyl (C=O) groups excluding carboxylic acids is 1. The second kappa shape index (κ2) is 7.67. The number of amides is 1. The minimum atomic E-state index is 0.326. The normalized spacial score (nSPS) is 19.4. The maximum atomic E-state index is 11.9. The van der Waals surface area contributed by atoms with Gasteiger partial charge in [-0.25, -0.2) is 0 Å². The monoisotopic (exact) mass is 241 g/mol. The van der Waals surface area contributed by atoms with Crippen LogP contribution in [0.1, 0.15) is 39.5 Å². The van der Waals surface area contributed by atoms with Crippen molar-refractivity contribution in [1.29, 1.82) is 0 Å². The molecule has 0 saturated carbocycles. The summed E-state index contributed by atoms with van der Waals surface area (Å²) in [5.41, 5.74) is 5.75. The minimum absolute atomic E-state index is 0.326. The molecule has 1 saturated heterocycles. The molecule has 1 heterocycles. The number of hydrogen-bond donors (Lipinski definition) is 1. The van der Waals surface area contributed by atoms with Crippen LogP contribution in [0.4, 0.5) is 0 Å². The molecule has 0 bridgehead atoms. The van der Waals surface area contributed by atoms with Crippen molar-refractivity contribution in [2.75, 3.05) is 32.7 Å². The Kier molecular flexibility index (Phi) is 6.52. The standard InChI is InChI=1S/C13H27N3O/c1-3-5-6-13(17)16-9-7-15(8-10-16)12(4-2)11-14/h12H,3-11,14H2,1-2H3. The van der Waals surface area contributed by atoms with Gasteiger partial charge in [0.05, 0.1) is 0 Å². The Balaban J connectivity index is 2.32. The zero-order chi connectivity index (χ0) is 12.7. The second-order valence-electron chi connectivity index (χ2n) is 4.82. The highest BCUT2D eigenvalue weighted by Crippen LogP contribution is 2.10. The van der Waals surface area contributed by atoms with Gasteiger partial charge in [-0.15, -0.1) is 0 Å². The van der Waals surface area contributed by atoms with Gasteiger partial charge in [0.2, 0.25) is 5.91 Å². The number of rotatable bonds is 6. The maximum Gasteiger partial charge on any atom is 0.222 e. The maximum absolute atomic E-state index is 11.9. The molecular formula is C13H27N3O. The van der Waals surface area contributed by atoms with Gasteiger partial charge in [0.15, 0.2) is 0 Å². The average Bonchev–Trinajstić information content (AvgIpc) is 2.38. The molecule has 0 aromatic rings. The highest BCUT2D eigenvalue weighted by Gasteiger charge is 2.23. The molecular weight excluding hydrogens is 214 g/mol. The van der Waals surface area contributed by atoms with E-state index in [1.807, 2.05) is 4.90 Å². The summed E-state index contributed by atoms with van der Waals surface area (Å²) in [6.45, 7) is 8.73. The van der Waals surface area contributed by atoms with Crippen molar-refractivity contribution in [2.45, 2.75) is 45.6 Å². The average molecular weight is 241 g/mol. The summed E-state index contributed by atoms with van der Waals surface area (Å²) in [6.07, 6.45) is 3.92. The molecule has 1 atom stereocenters. The van der Waals surface area contributed by atoms with Crippen molar-refractivity contribution in [3.8, 4) is 0 Å². The third-order valence-corrected chi connectivity index (χ3v) is 3.67. The SMILES string of the molecule is CCCCC(=O)N1CCN(C(CC)CN)CC1. The Morgan fingerprint density at radius 3 is 2.35 bits per heavy atom. The van der Waals surface area contributed by atoms with E-state index >= 15 is 0 Å². The molecule has 0 radical (unpaired) electrons. The molecule has 1 amide bonds. The molecule has 1 aliphatic rings. The highest BCUT2D eigenvalue weighted by molar-refractivity contribution is 5.76. The molecule has 0 spiro atoms. The fraction of sp³-hybridized carbons (Fsp3) is 0.923. The third-order valence-electron chi connectivity index (χ3n) is 3.67. The lowest BCUT2D eigenvalue weighted by atomic mass is 10.1.